The molecule has 166 valence electrons. The van der Waals surface area contributed by atoms with E-state index in [1.807, 2.05) is 0 Å². The van der Waals surface area contributed by atoms with E-state index in [4.69, 9.17) is 18.9 Å². The molecule has 0 heterocycles. The Labute approximate surface area is 183 Å². The zero-order valence-electron chi connectivity index (χ0n) is 17.8. The van der Waals surface area contributed by atoms with Gasteiger partial charge >= 0.3 is 23.9 Å². The molecular weight excluding hydrogens is 420 g/mol. The largest absolute Gasteiger partial charge is 0.427 e. The fraction of sp³-hybridized carbons (Fsp3) is 0.174. The van der Waals surface area contributed by atoms with E-state index in [9.17, 15) is 24.0 Å². The van der Waals surface area contributed by atoms with Crippen molar-refractivity contribution in [1.82, 2.24) is 0 Å². The summed E-state index contributed by atoms with van der Waals surface area (Å²) in [5.74, 6) is -2.72. The van der Waals surface area contributed by atoms with E-state index in [0.717, 1.165) is 0 Å². The smallest absolute Gasteiger partial charge is 0.308 e. The second-order valence-electron chi connectivity index (χ2n) is 6.43. The average Bonchev–Trinajstić information content (AvgIpc) is 2.66. The molecule has 0 atom stereocenters. The zero-order valence-corrected chi connectivity index (χ0v) is 17.8. The highest BCUT2D eigenvalue weighted by molar-refractivity contribution is 6.07. The van der Waals surface area contributed by atoms with Gasteiger partial charge in [0.15, 0.2) is 17.3 Å². The van der Waals surface area contributed by atoms with Crippen molar-refractivity contribution in [2.45, 2.75) is 27.7 Å². The third-order valence-electron chi connectivity index (χ3n) is 3.65. The van der Waals surface area contributed by atoms with Gasteiger partial charge in [-0.3, -0.25) is 24.0 Å². The predicted octanol–water partition coefficient (Wildman–Crippen LogP) is 3.28. The number of ether oxygens (including phenoxy) is 4. The van der Waals surface area contributed by atoms with Gasteiger partial charge in [-0.1, -0.05) is 0 Å². The van der Waals surface area contributed by atoms with Gasteiger partial charge in [0.1, 0.15) is 11.5 Å². The molecule has 0 saturated carbocycles. The minimum absolute atomic E-state index is 0.00793. The second-order valence-corrected chi connectivity index (χ2v) is 6.43. The standard InChI is InChI=1S/C23H20O9/c1-13(24)29-19-8-5-17(22(12-19)31-15(3)26)6-9-20(28)18-7-10-21(30-14(2)25)23(11-18)32-16(4)27/h5-12H,1-4H3/b9-6+. The topological polar surface area (TPSA) is 122 Å². The van der Waals surface area contributed by atoms with Gasteiger partial charge in [0.05, 0.1) is 0 Å². The fourth-order valence-corrected chi connectivity index (χ4v) is 2.52. The van der Waals surface area contributed by atoms with Gasteiger partial charge in [0.2, 0.25) is 0 Å². The minimum atomic E-state index is -0.655. The number of hydrogen-bond donors (Lipinski definition) is 0. The average molecular weight is 440 g/mol. The lowest BCUT2D eigenvalue weighted by Gasteiger charge is -2.10. The van der Waals surface area contributed by atoms with Crippen LogP contribution in [0.2, 0.25) is 0 Å². The maximum atomic E-state index is 12.6. The van der Waals surface area contributed by atoms with Crippen LogP contribution in [0.15, 0.2) is 42.5 Å². The molecule has 2 rings (SSSR count). The number of esters is 4. The van der Waals surface area contributed by atoms with E-state index < -0.39 is 29.7 Å². The van der Waals surface area contributed by atoms with Crippen molar-refractivity contribution < 1.29 is 42.9 Å². The molecule has 0 saturated heterocycles. The van der Waals surface area contributed by atoms with E-state index in [-0.39, 0.29) is 28.6 Å². The molecule has 32 heavy (non-hydrogen) atoms. The van der Waals surface area contributed by atoms with Crippen molar-refractivity contribution in [1.29, 1.82) is 0 Å². The molecule has 0 fully saturated rings. The Kier molecular flexibility index (Phi) is 8.00. The van der Waals surface area contributed by atoms with Crippen LogP contribution in [0.4, 0.5) is 0 Å². The van der Waals surface area contributed by atoms with Gasteiger partial charge in [-0.15, -0.1) is 0 Å². The maximum Gasteiger partial charge on any atom is 0.308 e. The molecule has 9 heteroatoms. The van der Waals surface area contributed by atoms with E-state index in [1.54, 1.807) is 0 Å². The highest BCUT2D eigenvalue weighted by Crippen LogP contribution is 2.30. The van der Waals surface area contributed by atoms with E-state index >= 15 is 0 Å². The Hall–Kier alpha value is -4.27. The fourth-order valence-electron chi connectivity index (χ4n) is 2.52. The molecule has 0 aromatic heterocycles. The molecule has 0 N–H and O–H groups in total. The predicted molar refractivity (Wildman–Crippen MR) is 111 cm³/mol. The van der Waals surface area contributed by atoms with Crippen molar-refractivity contribution in [3.8, 4) is 23.0 Å². The normalized spacial score (nSPS) is 10.4. The first-order chi connectivity index (χ1) is 15.0. The molecular formula is C23H20O9. The number of rotatable bonds is 7. The van der Waals surface area contributed by atoms with E-state index in [1.165, 1.54) is 76.2 Å². The Morgan fingerprint density at radius 2 is 1.19 bits per heavy atom. The van der Waals surface area contributed by atoms with Gasteiger partial charge < -0.3 is 18.9 Å². The maximum absolute atomic E-state index is 12.6. The first-order valence-electron chi connectivity index (χ1n) is 9.29. The number of ketones is 1. The lowest BCUT2D eigenvalue weighted by Crippen LogP contribution is -2.08. The molecule has 2 aromatic rings. The molecule has 0 amide bonds. The summed E-state index contributed by atoms with van der Waals surface area (Å²) in [6.45, 7) is 4.79. The molecule has 9 nitrogen and oxygen atoms in total. The third-order valence-corrected chi connectivity index (χ3v) is 3.65. The van der Waals surface area contributed by atoms with Crippen LogP contribution in [-0.4, -0.2) is 29.7 Å². The number of hydrogen-bond acceptors (Lipinski definition) is 9. The van der Waals surface area contributed by atoms with Gasteiger partial charge in [-0.2, -0.15) is 0 Å². The van der Waals surface area contributed by atoms with Crippen LogP contribution in [0, 0.1) is 0 Å². The molecule has 0 aliphatic rings. The molecule has 0 aliphatic heterocycles. The van der Waals surface area contributed by atoms with E-state index in [2.05, 4.69) is 0 Å². The van der Waals surface area contributed by atoms with Gasteiger partial charge in [0, 0.05) is 44.9 Å². The van der Waals surface area contributed by atoms with Crippen LogP contribution in [0.5, 0.6) is 23.0 Å². The molecule has 0 radical (unpaired) electrons. The van der Waals surface area contributed by atoms with Crippen molar-refractivity contribution in [3.05, 3.63) is 53.6 Å². The van der Waals surface area contributed by atoms with Crippen LogP contribution in [0.1, 0.15) is 43.6 Å². The highest BCUT2D eigenvalue weighted by Gasteiger charge is 2.14. The molecule has 0 aliphatic carbocycles. The number of carbonyl (C=O) groups is 5. The van der Waals surface area contributed by atoms with Gasteiger partial charge in [-0.25, -0.2) is 0 Å². The monoisotopic (exact) mass is 440 g/mol. The van der Waals surface area contributed by atoms with Crippen LogP contribution in [-0.2, 0) is 19.2 Å². The molecule has 0 bridgehead atoms. The summed E-state index contributed by atoms with van der Waals surface area (Å²) < 4.78 is 20.1. The molecule has 0 spiro atoms. The summed E-state index contributed by atoms with van der Waals surface area (Å²) in [5, 5.41) is 0. The van der Waals surface area contributed by atoms with Crippen LogP contribution in [0.3, 0.4) is 0 Å². The summed E-state index contributed by atoms with van der Waals surface area (Å²) in [7, 11) is 0. The van der Waals surface area contributed by atoms with Crippen molar-refractivity contribution in [3.63, 3.8) is 0 Å². The summed E-state index contributed by atoms with van der Waals surface area (Å²) in [5.41, 5.74) is 0.528. The van der Waals surface area contributed by atoms with Gasteiger partial charge in [0.25, 0.3) is 0 Å². The SMILES string of the molecule is CC(=O)Oc1ccc(/C=C/C(=O)c2ccc(OC(C)=O)c(OC(C)=O)c2)c(OC(C)=O)c1. The number of benzene rings is 2. The number of carbonyl (C=O) groups excluding carboxylic acids is 5. The summed E-state index contributed by atoms with van der Waals surface area (Å²) in [4.78, 5) is 57.7. The Morgan fingerprint density at radius 1 is 0.625 bits per heavy atom. The Balaban J connectivity index is 2.34. The van der Waals surface area contributed by atoms with Crippen molar-refractivity contribution in [2.24, 2.45) is 0 Å². The Bertz CT molecular complexity index is 1110. The first kappa shape index (κ1) is 24.0. The molecule has 0 unspecified atom stereocenters. The summed E-state index contributed by atoms with van der Waals surface area (Å²) in [6.07, 6.45) is 2.62. The summed E-state index contributed by atoms with van der Waals surface area (Å²) >= 11 is 0. The van der Waals surface area contributed by atoms with Gasteiger partial charge in [-0.05, 0) is 42.5 Å². The molecule has 2 aromatic carbocycles. The van der Waals surface area contributed by atoms with Crippen LogP contribution >= 0.6 is 0 Å². The van der Waals surface area contributed by atoms with Crippen molar-refractivity contribution in [2.75, 3.05) is 0 Å². The highest BCUT2D eigenvalue weighted by atomic mass is 16.6. The van der Waals surface area contributed by atoms with Crippen LogP contribution < -0.4 is 18.9 Å². The zero-order chi connectivity index (χ0) is 23.8. The number of allylic oxidation sites excluding steroid dienone is 1. The lowest BCUT2D eigenvalue weighted by atomic mass is 10.1. The Morgan fingerprint density at radius 3 is 1.78 bits per heavy atom. The lowest BCUT2D eigenvalue weighted by molar-refractivity contribution is -0.134. The quantitative estimate of drug-likeness (QED) is 0.276. The second kappa shape index (κ2) is 10.7. The van der Waals surface area contributed by atoms with Crippen LogP contribution in [0.25, 0.3) is 6.08 Å². The first-order valence-corrected chi connectivity index (χ1v) is 9.29. The minimum Gasteiger partial charge on any atom is -0.427 e. The van der Waals surface area contributed by atoms with Crippen molar-refractivity contribution >= 4 is 35.7 Å². The van der Waals surface area contributed by atoms with E-state index in [0.29, 0.717) is 5.56 Å². The third kappa shape index (κ3) is 7.21. The summed E-state index contributed by atoms with van der Waals surface area (Å²) in [6, 6.07) is 8.33.